The smallest absolute Gasteiger partial charge is 0.233 e. The number of carbonyl (C=O) groups excluding carboxylic acids is 1. The number of pyridine rings is 1. The predicted molar refractivity (Wildman–Crippen MR) is 118 cm³/mol. The summed E-state index contributed by atoms with van der Waals surface area (Å²) in [4.78, 5) is 25.7. The van der Waals surface area contributed by atoms with Crippen LogP contribution in [0.15, 0.2) is 41.3 Å². The zero-order chi connectivity index (χ0) is 22.3. The number of piperazine rings is 1. The van der Waals surface area contributed by atoms with Crippen LogP contribution in [0.3, 0.4) is 0 Å². The molecule has 0 bridgehead atoms. The molecule has 31 heavy (non-hydrogen) atoms. The van der Waals surface area contributed by atoms with Crippen LogP contribution < -0.4 is 4.90 Å². The van der Waals surface area contributed by atoms with Gasteiger partial charge >= 0.3 is 0 Å². The van der Waals surface area contributed by atoms with Gasteiger partial charge in [-0.25, -0.2) is 28.4 Å². The van der Waals surface area contributed by atoms with E-state index in [9.17, 15) is 18.4 Å². The summed E-state index contributed by atoms with van der Waals surface area (Å²) in [5.74, 6) is 1.09. The Morgan fingerprint density at radius 2 is 1.87 bits per heavy atom. The maximum Gasteiger partial charge on any atom is 0.233 e. The Bertz CT molecular complexity index is 940. The first-order chi connectivity index (χ1) is 14.9. The van der Waals surface area contributed by atoms with Crippen LogP contribution in [0.25, 0.3) is 0 Å². The summed E-state index contributed by atoms with van der Waals surface area (Å²) in [5.41, 5.74) is 0. The molecule has 1 amide bonds. The number of aromatic nitrogens is 3. The lowest BCUT2D eigenvalue weighted by Crippen LogP contribution is -2.51. The number of carbonyl (C=O) groups is 1. The summed E-state index contributed by atoms with van der Waals surface area (Å²) in [6.07, 6.45) is 6.61. The van der Waals surface area contributed by atoms with Gasteiger partial charge in [-0.15, -0.1) is 0 Å². The molecule has 1 N–H and O–H groups in total. The molecule has 1 atom stereocenters. The normalized spacial score (nSPS) is 16.1. The van der Waals surface area contributed by atoms with E-state index in [1.807, 2.05) is 17.0 Å². The van der Waals surface area contributed by atoms with Gasteiger partial charge in [0.15, 0.2) is 0 Å². The van der Waals surface area contributed by atoms with Crippen molar-refractivity contribution in [1.82, 2.24) is 24.3 Å². The Morgan fingerprint density at radius 3 is 2.48 bits per heavy atom. The van der Waals surface area contributed by atoms with Crippen molar-refractivity contribution < 1.29 is 18.4 Å². The van der Waals surface area contributed by atoms with Crippen molar-refractivity contribution in [3.05, 3.63) is 47.1 Å². The number of anilines is 1. The number of nitrogens with zero attached hydrogens (tertiary/aromatic N) is 6. The Balaban J connectivity index is 1.56. The molecule has 1 aliphatic rings. The molecular formula is C19H25BrN6O4S. The molecular weight excluding hydrogens is 488 g/mol. The fourth-order valence-electron chi connectivity index (χ4n) is 3.43. The van der Waals surface area contributed by atoms with E-state index in [4.69, 9.17) is 0 Å². The molecule has 2 aromatic heterocycles. The molecule has 0 saturated carbocycles. The van der Waals surface area contributed by atoms with Gasteiger partial charge in [0.25, 0.3) is 0 Å². The molecule has 0 aromatic carbocycles. The molecule has 10 nitrogen and oxygen atoms in total. The van der Waals surface area contributed by atoms with Crippen LogP contribution in [-0.2, 0) is 21.2 Å². The van der Waals surface area contributed by atoms with E-state index >= 15 is 0 Å². The van der Waals surface area contributed by atoms with E-state index in [0.29, 0.717) is 56.3 Å². The highest BCUT2D eigenvalue weighted by molar-refractivity contribution is 9.10. The molecule has 168 valence electrons. The summed E-state index contributed by atoms with van der Waals surface area (Å²) >= 11 is 3.35. The summed E-state index contributed by atoms with van der Waals surface area (Å²) in [7, 11) is -3.66. The maximum atomic E-state index is 12.9. The number of amides is 1. The first-order valence-corrected chi connectivity index (χ1v) is 12.3. The minimum absolute atomic E-state index is 0.246. The highest BCUT2D eigenvalue weighted by Crippen LogP contribution is 2.19. The third kappa shape index (κ3) is 6.66. The Labute approximate surface area is 190 Å². The van der Waals surface area contributed by atoms with E-state index in [1.54, 1.807) is 24.7 Å². The average molecular weight is 513 g/mol. The standard InChI is InChI=1S/C19H25BrN6O4S/c20-16-5-6-19(23-13-16)24-9-11-25(12-10-24)31(29,30)14-17(26(28)15-27)3-1-4-18-21-7-2-8-22-18/h2,5-8,13,15,17,28H,1,3-4,9-12,14H2/t17-/m1/s1. The average Bonchev–Trinajstić information content (AvgIpc) is 2.79. The van der Waals surface area contributed by atoms with Crippen molar-refractivity contribution >= 4 is 38.2 Å². The van der Waals surface area contributed by atoms with Crippen molar-refractivity contribution in [2.75, 3.05) is 36.8 Å². The van der Waals surface area contributed by atoms with Crippen LogP contribution in [0.5, 0.6) is 0 Å². The van der Waals surface area contributed by atoms with E-state index in [-0.39, 0.29) is 12.2 Å². The van der Waals surface area contributed by atoms with E-state index < -0.39 is 16.1 Å². The molecule has 1 saturated heterocycles. The van der Waals surface area contributed by atoms with Crippen LogP contribution in [0.2, 0.25) is 0 Å². The zero-order valence-corrected chi connectivity index (χ0v) is 19.3. The van der Waals surface area contributed by atoms with Crippen LogP contribution >= 0.6 is 15.9 Å². The largest absolute Gasteiger partial charge is 0.354 e. The summed E-state index contributed by atoms with van der Waals surface area (Å²) in [5, 5.41) is 10.4. The van der Waals surface area contributed by atoms with Gasteiger partial charge in [-0.05, 0) is 47.0 Å². The van der Waals surface area contributed by atoms with Crippen molar-refractivity contribution in [2.45, 2.75) is 25.3 Å². The van der Waals surface area contributed by atoms with Gasteiger partial charge < -0.3 is 4.90 Å². The van der Waals surface area contributed by atoms with E-state index in [1.165, 1.54) is 4.31 Å². The van der Waals surface area contributed by atoms with Crippen molar-refractivity contribution in [2.24, 2.45) is 0 Å². The second-order valence-corrected chi connectivity index (χ2v) is 10.1. The second-order valence-electron chi connectivity index (χ2n) is 7.20. The number of hydrogen-bond acceptors (Lipinski definition) is 8. The molecule has 1 aliphatic heterocycles. The van der Waals surface area contributed by atoms with Crippen molar-refractivity contribution in [3.8, 4) is 0 Å². The third-order valence-electron chi connectivity index (χ3n) is 5.11. The molecule has 2 aromatic rings. The molecule has 1 fully saturated rings. The fourth-order valence-corrected chi connectivity index (χ4v) is 5.40. The minimum Gasteiger partial charge on any atom is -0.354 e. The molecule has 12 heteroatoms. The lowest BCUT2D eigenvalue weighted by Gasteiger charge is -2.35. The molecule has 0 radical (unpaired) electrons. The Kier molecular flexibility index (Phi) is 8.29. The van der Waals surface area contributed by atoms with Gasteiger partial charge in [0, 0.05) is 55.7 Å². The predicted octanol–water partition coefficient (Wildman–Crippen LogP) is 1.33. The van der Waals surface area contributed by atoms with Crippen LogP contribution in [0.1, 0.15) is 18.7 Å². The van der Waals surface area contributed by atoms with Crippen LogP contribution in [0, 0.1) is 0 Å². The molecule has 3 heterocycles. The minimum atomic E-state index is -3.66. The van der Waals surface area contributed by atoms with Gasteiger partial charge in [-0.1, -0.05) is 0 Å². The topological polar surface area (TPSA) is 120 Å². The maximum absolute atomic E-state index is 12.9. The van der Waals surface area contributed by atoms with E-state index in [0.717, 1.165) is 10.3 Å². The number of sulfonamides is 1. The van der Waals surface area contributed by atoms with Crippen molar-refractivity contribution in [3.63, 3.8) is 0 Å². The van der Waals surface area contributed by atoms with Crippen molar-refractivity contribution in [1.29, 1.82) is 0 Å². The van der Waals surface area contributed by atoms with Crippen LogP contribution in [-0.4, -0.2) is 82.3 Å². The summed E-state index contributed by atoms with van der Waals surface area (Å²) in [6.45, 7) is 1.66. The molecule has 0 spiro atoms. The van der Waals surface area contributed by atoms with Gasteiger partial charge in [-0.3, -0.25) is 10.0 Å². The Morgan fingerprint density at radius 1 is 1.16 bits per heavy atom. The number of hydroxylamine groups is 2. The first kappa shape index (κ1) is 23.5. The highest BCUT2D eigenvalue weighted by atomic mass is 79.9. The number of halogens is 1. The third-order valence-corrected chi connectivity index (χ3v) is 7.54. The summed E-state index contributed by atoms with van der Waals surface area (Å²) in [6, 6.07) is 4.66. The SMILES string of the molecule is O=CN(O)[C@H](CCCc1ncccn1)CS(=O)(=O)N1CCN(c2ccc(Br)cn2)CC1. The quantitative estimate of drug-likeness (QED) is 0.287. The zero-order valence-electron chi connectivity index (χ0n) is 16.9. The highest BCUT2D eigenvalue weighted by Gasteiger charge is 2.31. The first-order valence-electron chi connectivity index (χ1n) is 9.92. The fraction of sp³-hybridized carbons (Fsp3) is 0.474. The van der Waals surface area contributed by atoms with Gasteiger partial charge in [0.05, 0.1) is 11.8 Å². The van der Waals surface area contributed by atoms with E-state index in [2.05, 4.69) is 30.9 Å². The lowest BCUT2D eigenvalue weighted by molar-refractivity contribution is -0.158. The van der Waals surface area contributed by atoms with Gasteiger partial charge in [0.1, 0.15) is 11.6 Å². The molecule has 3 rings (SSSR count). The number of aryl methyl sites for hydroxylation is 1. The monoisotopic (exact) mass is 512 g/mol. The van der Waals surface area contributed by atoms with Gasteiger partial charge in [-0.2, -0.15) is 4.31 Å². The number of rotatable bonds is 10. The van der Waals surface area contributed by atoms with Gasteiger partial charge in [0.2, 0.25) is 16.4 Å². The molecule has 0 unspecified atom stereocenters. The molecule has 0 aliphatic carbocycles. The van der Waals surface area contributed by atoms with Crippen LogP contribution in [0.4, 0.5) is 5.82 Å². The Hall–Kier alpha value is -2.15. The summed E-state index contributed by atoms with van der Waals surface area (Å²) < 4.78 is 28.2. The second kappa shape index (κ2) is 10.9. The number of hydrogen-bond donors (Lipinski definition) is 1. The lowest BCUT2D eigenvalue weighted by atomic mass is 10.1.